The molecule has 2 aliphatic rings. The number of halogens is 1. The molecule has 2 fully saturated rings. The zero-order chi connectivity index (χ0) is 42.6. The predicted molar refractivity (Wildman–Crippen MR) is 215 cm³/mol. The molecule has 12 nitrogen and oxygen atoms in total. The van der Waals surface area contributed by atoms with Crippen LogP contribution < -0.4 is 0 Å². The van der Waals surface area contributed by atoms with Crippen LogP contribution in [-0.2, 0) is 55.9 Å². The number of hydrogen-bond acceptors (Lipinski definition) is 10. The zero-order valence-electron chi connectivity index (χ0n) is 35.5. The summed E-state index contributed by atoms with van der Waals surface area (Å²) in [4.78, 5) is 70.6. The molecule has 0 bridgehead atoms. The van der Waals surface area contributed by atoms with Gasteiger partial charge in [0.05, 0.1) is 0 Å². The fourth-order valence-corrected chi connectivity index (χ4v) is 6.76. The maximum atomic E-state index is 14.8. The third-order valence-electron chi connectivity index (χ3n) is 10.5. The van der Waals surface area contributed by atoms with Crippen molar-refractivity contribution in [1.82, 2.24) is 9.80 Å². The highest BCUT2D eigenvalue weighted by Crippen LogP contribution is 2.35. The number of benzene rings is 2. The van der Waals surface area contributed by atoms with Crippen LogP contribution in [0.1, 0.15) is 116 Å². The lowest BCUT2D eigenvalue weighted by Crippen LogP contribution is -2.51. The highest BCUT2D eigenvalue weighted by atomic mass is 19.1. The predicted octanol–water partition coefficient (Wildman–Crippen LogP) is 7.49. The number of hydrogen-bond donors (Lipinski definition) is 0. The van der Waals surface area contributed by atoms with Gasteiger partial charge in [0.15, 0.2) is 12.2 Å². The van der Waals surface area contributed by atoms with Crippen molar-refractivity contribution in [1.29, 1.82) is 0 Å². The van der Waals surface area contributed by atoms with Crippen LogP contribution in [0.2, 0.25) is 0 Å². The first-order valence-corrected chi connectivity index (χ1v) is 20.5. The molecule has 4 atom stereocenters. The van der Waals surface area contributed by atoms with E-state index < -0.39 is 65.5 Å². The largest absolute Gasteiger partial charge is 0.458 e. The molecular formula is C45H63FN2O10. The Kier molecular flexibility index (Phi) is 16.7. The van der Waals surface area contributed by atoms with Crippen LogP contribution in [0.4, 0.5) is 9.18 Å². The van der Waals surface area contributed by atoms with E-state index in [4.69, 9.17) is 23.7 Å². The molecule has 2 amide bonds. The molecule has 1 saturated carbocycles. The number of aryl methyl sites for hydroxylation is 1. The molecule has 320 valence electrons. The maximum Gasteiger partial charge on any atom is 0.410 e. The van der Waals surface area contributed by atoms with Crippen molar-refractivity contribution in [2.45, 2.75) is 147 Å². The summed E-state index contributed by atoms with van der Waals surface area (Å²) in [5.74, 6) is -2.51. The SMILES string of the molecule is C[C@@H](OC(=O)[C@H](CC1CC1)N(C)C(=O)[C@@H](CCc1ccc(C2CCOCC2)cc1)OC(=O)[C@H](CCC(C)(C)F)N(C)C(=O)OC(C)(C)C)C(=O)OCc1ccccc1. The number of ether oxygens (including phenoxy) is 5. The average Bonchev–Trinajstić information content (AvgIpc) is 4.01. The van der Waals surface area contributed by atoms with Crippen molar-refractivity contribution in [3.8, 4) is 0 Å². The fraction of sp³-hybridized carbons (Fsp3) is 0.622. The van der Waals surface area contributed by atoms with Crippen LogP contribution in [0.15, 0.2) is 54.6 Å². The Balaban J connectivity index is 1.55. The Morgan fingerprint density at radius 1 is 0.776 bits per heavy atom. The smallest absolute Gasteiger partial charge is 0.410 e. The van der Waals surface area contributed by atoms with Gasteiger partial charge in [-0.15, -0.1) is 0 Å². The average molecular weight is 811 g/mol. The Morgan fingerprint density at radius 2 is 1.40 bits per heavy atom. The third-order valence-corrected chi connectivity index (χ3v) is 10.5. The van der Waals surface area contributed by atoms with E-state index in [1.807, 2.05) is 30.3 Å². The molecule has 1 aliphatic heterocycles. The first-order chi connectivity index (χ1) is 27.3. The van der Waals surface area contributed by atoms with E-state index in [-0.39, 0.29) is 38.2 Å². The highest BCUT2D eigenvalue weighted by molar-refractivity contribution is 5.90. The normalized spacial score (nSPS) is 16.9. The molecule has 0 radical (unpaired) electrons. The fourth-order valence-electron chi connectivity index (χ4n) is 6.76. The van der Waals surface area contributed by atoms with Crippen molar-refractivity contribution in [2.24, 2.45) is 5.92 Å². The molecule has 2 aromatic carbocycles. The number of carbonyl (C=O) groups is 5. The summed E-state index contributed by atoms with van der Waals surface area (Å²) in [7, 11) is 2.83. The molecular weight excluding hydrogens is 747 g/mol. The van der Waals surface area contributed by atoms with Gasteiger partial charge < -0.3 is 28.6 Å². The van der Waals surface area contributed by atoms with Gasteiger partial charge >= 0.3 is 24.0 Å². The van der Waals surface area contributed by atoms with Crippen molar-refractivity contribution in [3.63, 3.8) is 0 Å². The Morgan fingerprint density at radius 3 is 1.98 bits per heavy atom. The molecule has 2 aromatic rings. The van der Waals surface area contributed by atoms with Gasteiger partial charge in [0.25, 0.3) is 5.91 Å². The van der Waals surface area contributed by atoms with Gasteiger partial charge in [0.1, 0.15) is 30.0 Å². The van der Waals surface area contributed by atoms with Crippen LogP contribution >= 0.6 is 0 Å². The molecule has 0 aromatic heterocycles. The number of rotatable bonds is 19. The molecule has 0 unspecified atom stereocenters. The molecule has 58 heavy (non-hydrogen) atoms. The van der Waals surface area contributed by atoms with Crippen molar-refractivity contribution in [2.75, 3.05) is 27.3 Å². The summed E-state index contributed by atoms with van der Waals surface area (Å²) < 4.78 is 42.8. The van der Waals surface area contributed by atoms with Gasteiger partial charge in [-0.2, -0.15) is 0 Å². The number of amides is 2. The summed E-state index contributed by atoms with van der Waals surface area (Å²) >= 11 is 0. The number of esters is 3. The second kappa shape index (κ2) is 20.9. The van der Waals surface area contributed by atoms with E-state index in [0.29, 0.717) is 25.6 Å². The minimum atomic E-state index is -1.67. The lowest BCUT2D eigenvalue weighted by molar-refractivity contribution is -0.174. The molecule has 13 heteroatoms. The Hall–Kier alpha value is -4.52. The van der Waals surface area contributed by atoms with Gasteiger partial charge in [-0.1, -0.05) is 67.4 Å². The minimum absolute atomic E-state index is 0.00368. The molecule has 0 spiro atoms. The first kappa shape index (κ1) is 46.2. The summed E-state index contributed by atoms with van der Waals surface area (Å²) in [6, 6.07) is 14.9. The van der Waals surface area contributed by atoms with E-state index in [1.54, 1.807) is 32.9 Å². The molecule has 4 rings (SSSR count). The van der Waals surface area contributed by atoms with E-state index in [1.165, 1.54) is 45.3 Å². The second-order valence-electron chi connectivity index (χ2n) is 17.3. The number of alkyl halides is 1. The van der Waals surface area contributed by atoms with Gasteiger partial charge in [-0.25, -0.2) is 23.6 Å². The number of likely N-dealkylation sites (N-methyl/N-ethyl adjacent to an activating group) is 2. The van der Waals surface area contributed by atoms with Crippen molar-refractivity contribution in [3.05, 3.63) is 71.3 Å². The Labute approximate surface area is 343 Å². The van der Waals surface area contributed by atoms with Gasteiger partial charge in [-0.3, -0.25) is 9.69 Å². The van der Waals surface area contributed by atoms with Crippen LogP contribution in [0, 0.1) is 5.92 Å². The second-order valence-corrected chi connectivity index (χ2v) is 17.3. The monoisotopic (exact) mass is 810 g/mol. The van der Waals surface area contributed by atoms with Crippen LogP contribution in [0.5, 0.6) is 0 Å². The van der Waals surface area contributed by atoms with Crippen LogP contribution in [-0.4, -0.2) is 103 Å². The lowest BCUT2D eigenvalue weighted by atomic mass is 9.90. The van der Waals surface area contributed by atoms with E-state index in [0.717, 1.165) is 41.7 Å². The molecule has 1 saturated heterocycles. The summed E-state index contributed by atoms with van der Waals surface area (Å²) in [6.45, 7) is 10.7. The van der Waals surface area contributed by atoms with Gasteiger partial charge in [0.2, 0.25) is 0 Å². The van der Waals surface area contributed by atoms with Crippen molar-refractivity contribution < 1.29 is 52.0 Å². The van der Waals surface area contributed by atoms with E-state index in [2.05, 4.69) is 12.1 Å². The first-order valence-electron chi connectivity index (χ1n) is 20.5. The molecule has 1 heterocycles. The quantitative estimate of drug-likeness (QED) is 0.104. The van der Waals surface area contributed by atoms with Gasteiger partial charge in [-0.05, 0) is 115 Å². The van der Waals surface area contributed by atoms with Gasteiger partial charge in [0, 0.05) is 27.3 Å². The van der Waals surface area contributed by atoms with Crippen LogP contribution in [0.3, 0.4) is 0 Å². The standard InChI is InChI=1S/C45H63FN2O10/c1-30(40(50)55-29-33-12-10-9-11-13-33)56-42(52)37(28-32-14-15-32)47(7)39(49)38(21-18-31-16-19-34(20-17-31)35-23-26-54-27-24-35)57-41(51)36(22-25-45(5,6)46)48(8)43(53)58-44(2,3)4/h9-13,16-17,19-20,30,32,35-38H,14-15,18,21-29H2,1-8H3/t30-,36+,37+,38-/m1/s1. The summed E-state index contributed by atoms with van der Waals surface area (Å²) in [5.41, 5.74) is 0.346. The lowest BCUT2D eigenvalue weighted by Gasteiger charge is -2.33. The highest BCUT2D eigenvalue weighted by Gasteiger charge is 2.41. The summed E-state index contributed by atoms with van der Waals surface area (Å²) in [6.07, 6.45) is 0.676. The molecule has 0 N–H and O–H groups in total. The third kappa shape index (κ3) is 15.0. The topological polar surface area (TPSA) is 138 Å². The van der Waals surface area contributed by atoms with E-state index in [9.17, 15) is 28.4 Å². The number of nitrogens with zero attached hydrogens (tertiary/aromatic N) is 2. The van der Waals surface area contributed by atoms with E-state index >= 15 is 0 Å². The number of carbonyl (C=O) groups excluding carboxylic acids is 5. The zero-order valence-corrected chi connectivity index (χ0v) is 35.5. The maximum absolute atomic E-state index is 14.8. The Bertz CT molecular complexity index is 1660. The van der Waals surface area contributed by atoms with Crippen LogP contribution in [0.25, 0.3) is 0 Å². The molecule has 1 aliphatic carbocycles. The summed E-state index contributed by atoms with van der Waals surface area (Å²) in [5, 5.41) is 0. The van der Waals surface area contributed by atoms with Crippen molar-refractivity contribution >= 4 is 29.9 Å². The minimum Gasteiger partial charge on any atom is -0.458 e.